The van der Waals surface area contributed by atoms with Gasteiger partial charge in [-0.1, -0.05) is 18.2 Å². The normalized spacial score (nSPS) is 13.5. The topological polar surface area (TPSA) is 133 Å². The minimum Gasteiger partial charge on any atom is -0.491 e. The van der Waals surface area contributed by atoms with Crippen molar-refractivity contribution < 1.29 is 55.4 Å². The summed E-state index contributed by atoms with van der Waals surface area (Å²) in [5.74, 6) is -0.843. The standard InChI is InChI=1S/C35H67NO12Si2/c1-8-43-49(44-9-2,45-10-3)29-17-21-36(22-18-30-50(46-11-4,47-12-5)48-13-6)31-34(35(37)38)32(7)41-27-25-39-23-24-40-26-28-42-33-19-15-14-16-20-33/h14-16,19-20,32,34H,8-13,17-18,21-31H2,1-7H3,(H,37,38). The number of ether oxygens (including phenoxy) is 4. The third-order valence-electron chi connectivity index (χ3n) is 7.66. The lowest BCUT2D eigenvalue weighted by Gasteiger charge is -2.32. The number of carboxylic acids is 1. The molecule has 292 valence electrons. The van der Waals surface area contributed by atoms with Crippen molar-refractivity contribution in [2.24, 2.45) is 5.92 Å². The first-order valence-electron chi connectivity index (χ1n) is 18.5. The Balaban J connectivity index is 2.74. The van der Waals surface area contributed by atoms with Gasteiger partial charge in [0.05, 0.1) is 45.1 Å². The van der Waals surface area contributed by atoms with Crippen molar-refractivity contribution in [3.63, 3.8) is 0 Å². The molecule has 2 atom stereocenters. The second-order valence-corrected chi connectivity index (χ2v) is 16.8. The van der Waals surface area contributed by atoms with Gasteiger partial charge < -0.3 is 55.5 Å². The monoisotopic (exact) mass is 749 g/mol. The van der Waals surface area contributed by atoms with Crippen molar-refractivity contribution in [3.05, 3.63) is 30.3 Å². The summed E-state index contributed by atoms with van der Waals surface area (Å²) in [7, 11) is -5.68. The lowest BCUT2D eigenvalue weighted by Crippen LogP contribution is -2.47. The molecule has 2 unspecified atom stereocenters. The van der Waals surface area contributed by atoms with Crippen molar-refractivity contribution in [2.45, 2.75) is 79.5 Å². The fourth-order valence-electron chi connectivity index (χ4n) is 5.51. The smallest absolute Gasteiger partial charge is 0.491 e. The molecule has 50 heavy (non-hydrogen) atoms. The third kappa shape index (κ3) is 19.9. The van der Waals surface area contributed by atoms with Crippen molar-refractivity contribution in [1.82, 2.24) is 4.90 Å². The molecule has 0 fully saturated rings. The number of carbonyl (C=O) groups is 1. The zero-order valence-corrected chi connectivity index (χ0v) is 33.9. The maximum atomic E-state index is 12.5. The van der Waals surface area contributed by atoms with Crippen molar-refractivity contribution >= 4 is 23.6 Å². The zero-order chi connectivity index (χ0) is 36.9. The van der Waals surface area contributed by atoms with Crippen molar-refractivity contribution in [2.75, 3.05) is 98.9 Å². The molecule has 0 bridgehead atoms. The molecule has 13 nitrogen and oxygen atoms in total. The quantitative estimate of drug-likeness (QED) is 0.0704. The van der Waals surface area contributed by atoms with Gasteiger partial charge in [-0.05, 0) is 86.5 Å². The molecule has 0 aromatic heterocycles. The van der Waals surface area contributed by atoms with E-state index in [1.54, 1.807) is 6.92 Å². The highest BCUT2D eigenvalue weighted by Crippen LogP contribution is 2.22. The van der Waals surface area contributed by atoms with Gasteiger partial charge in [0.2, 0.25) is 0 Å². The first-order valence-corrected chi connectivity index (χ1v) is 22.3. The van der Waals surface area contributed by atoms with Crippen LogP contribution in [0.15, 0.2) is 30.3 Å². The summed E-state index contributed by atoms with van der Waals surface area (Å²) in [5.41, 5.74) is 0. The molecule has 1 N–H and O–H groups in total. The number of para-hydroxylation sites is 1. The lowest BCUT2D eigenvalue weighted by molar-refractivity contribution is -0.148. The fourth-order valence-corrected chi connectivity index (χ4v) is 10.7. The van der Waals surface area contributed by atoms with Crippen LogP contribution in [0.1, 0.15) is 61.3 Å². The molecule has 1 aromatic carbocycles. The van der Waals surface area contributed by atoms with Crippen LogP contribution in [-0.2, 0) is 45.6 Å². The predicted octanol–water partition coefficient (Wildman–Crippen LogP) is 5.38. The summed E-state index contributed by atoms with van der Waals surface area (Å²) in [6.45, 7) is 20.5. The van der Waals surface area contributed by atoms with E-state index >= 15 is 0 Å². The van der Waals surface area contributed by atoms with E-state index in [2.05, 4.69) is 4.90 Å². The Bertz CT molecular complexity index is 885. The van der Waals surface area contributed by atoms with E-state index in [1.807, 2.05) is 71.9 Å². The molecule has 0 aliphatic carbocycles. The minimum atomic E-state index is -2.84. The van der Waals surface area contributed by atoms with E-state index in [4.69, 9.17) is 45.5 Å². The number of rotatable bonds is 35. The van der Waals surface area contributed by atoms with Crippen LogP contribution in [0.4, 0.5) is 0 Å². The number of carboxylic acid groups (broad SMARTS) is 1. The third-order valence-corrected chi connectivity index (χ3v) is 14.0. The van der Waals surface area contributed by atoms with Gasteiger partial charge in [0, 0.05) is 58.3 Å². The summed E-state index contributed by atoms with van der Waals surface area (Å²) in [5, 5.41) is 10.3. The van der Waals surface area contributed by atoms with E-state index in [0.717, 1.165) is 18.6 Å². The molecule has 0 aliphatic heterocycles. The SMILES string of the molecule is CCO[Si](CCCN(CCC[Si](OCC)(OCC)OCC)CC(C(=O)O)C(C)OCCOCCOCCOc1ccccc1)(OCC)OCC. The summed E-state index contributed by atoms with van der Waals surface area (Å²) < 4.78 is 59.2. The Kier molecular flexibility index (Phi) is 27.0. The van der Waals surface area contributed by atoms with Gasteiger partial charge in [0.25, 0.3) is 0 Å². The van der Waals surface area contributed by atoms with E-state index in [0.29, 0.717) is 104 Å². The van der Waals surface area contributed by atoms with E-state index in [9.17, 15) is 9.90 Å². The lowest BCUT2D eigenvalue weighted by atomic mass is 10.0. The summed E-state index contributed by atoms with van der Waals surface area (Å²) in [4.78, 5) is 14.7. The van der Waals surface area contributed by atoms with E-state index < -0.39 is 35.6 Å². The molecule has 0 spiro atoms. The second-order valence-electron chi connectivity index (χ2n) is 11.4. The zero-order valence-electron chi connectivity index (χ0n) is 31.9. The highest BCUT2D eigenvalue weighted by Gasteiger charge is 2.41. The molecule has 0 heterocycles. The van der Waals surface area contributed by atoms with Gasteiger partial charge in [-0.25, -0.2) is 0 Å². The molecule has 0 radical (unpaired) electrons. The molecule has 0 aliphatic rings. The van der Waals surface area contributed by atoms with E-state index in [1.165, 1.54) is 0 Å². The van der Waals surface area contributed by atoms with Gasteiger partial charge in [0.15, 0.2) is 0 Å². The molecular formula is C35H67NO12Si2. The number of nitrogens with zero attached hydrogens (tertiary/aromatic N) is 1. The predicted molar refractivity (Wildman–Crippen MR) is 197 cm³/mol. The average Bonchev–Trinajstić information content (AvgIpc) is 3.08. The Morgan fingerprint density at radius 3 is 1.50 bits per heavy atom. The van der Waals surface area contributed by atoms with Crippen LogP contribution in [0, 0.1) is 5.92 Å². The number of hydrogen-bond acceptors (Lipinski definition) is 12. The first-order chi connectivity index (χ1) is 24.2. The number of hydrogen-bond donors (Lipinski definition) is 1. The van der Waals surface area contributed by atoms with Crippen LogP contribution >= 0.6 is 0 Å². The fraction of sp³-hybridized carbons (Fsp3) is 0.800. The van der Waals surface area contributed by atoms with Crippen LogP contribution in [0.25, 0.3) is 0 Å². The van der Waals surface area contributed by atoms with Crippen molar-refractivity contribution in [1.29, 1.82) is 0 Å². The van der Waals surface area contributed by atoms with Crippen molar-refractivity contribution in [3.8, 4) is 5.75 Å². The molecule has 0 saturated heterocycles. The van der Waals surface area contributed by atoms with Crippen LogP contribution in [0.2, 0.25) is 12.1 Å². The van der Waals surface area contributed by atoms with Gasteiger partial charge in [-0.2, -0.15) is 0 Å². The Morgan fingerprint density at radius 1 is 0.660 bits per heavy atom. The summed E-state index contributed by atoms with van der Waals surface area (Å²) in [6.07, 6.45) is 0.928. The first kappa shape index (κ1) is 46.5. The van der Waals surface area contributed by atoms with Gasteiger partial charge in [0.1, 0.15) is 12.4 Å². The molecule has 15 heteroatoms. The Morgan fingerprint density at radius 2 is 1.08 bits per heavy atom. The van der Waals surface area contributed by atoms with E-state index in [-0.39, 0.29) is 6.61 Å². The summed E-state index contributed by atoms with van der Waals surface area (Å²) >= 11 is 0. The Hall–Kier alpha value is -1.48. The molecule has 1 aromatic rings. The van der Waals surface area contributed by atoms with Gasteiger partial charge >= 0.3 is 23.6 Å². The molecule has 0 saturated carbocycles. The van der Waals surface area contributed by atoms with Crippen LogP contribution in [-0.4, -0.2) is 139 Å². The van der Waals surface area contributed by atoms with Crippen LogP contribution < -0.4 is 4.74 Å². The number of benzene rings is 1. The number of aliphatic carboxylic acids is 1. The minimum absolute atomic E-state index is 0.276. The largest absolute Gasteiger partial charge is 0.500 e. The summed E-state index contributed by atoms with van der Waals surface area (Å²) in [6, 6.07) is 10.9. The van der Waals surface area contributed by atoms with Gasteiger partial charge in [-0.15, -0.1) is 0 Å². The average molecular weight is 750 g/mol. The maximum Gasteiger partial charge on any atom is 0.500 e. The second kappa shape index (κ2) is 29.0. The maximum absolute atomic E-state index is 12.5. The van der Waals surface area contributed by atoms with Crippen LogP contribution in [0.3, 0.4) is 0 Å². The Labute approximate surface area is 303 Å². The molecular weight excluding hydrogens is 683 g/mol. The molecule has 1 rings (SSSR count). The molecule has 0 amide bonds. The van der Waals surface area contributed by atoms with Crippen LogP contribution in [0.5, 0.6) is 5.75 Å². The highest BCUT2D eigenvalue weighted by molar-refractivity contribution is 6.61. The van der Waals surface area contributed by atoms with Gasteiger partial charge in [-0.3, -0.25) is 4.79 Å². The highest BCUT2D eigenvalue weighted by atomic mass is 28.4.